The van der Waals surface area contributed by atoms with Crippen LogP contribution in [0.1, 0.15) is 12.6 Å². The van der Waals surface area contributed by atoms with E-state index in [2.05, 4.69) is 11.6 Å². The molecule has 1 aromatic rings. The van der Waals surface area contributed by atoms with Crippen LogP contribution >= 0.6 is 11.6 Å². The van der Waals surface area contributed by atoms with Crippen LogP contribution in [0, 0.1) is 10.1 Å². The first-order valence-electron chi connectivity index (χ1n) is 4.87. The number of rotatable bonds is 4. The lowest BCUT2D eigenvalue weighted by atomic mass is 10.1. The van der Waals surface area contributed by atoms with E-state index >= 15 is 0 Å². The van der Waals surface area contributed by atoms with E-state index in [-0.39, 0.29) is 16.5 Å². The van der Waals surface area contributed by atoms with Crippen LogP contribution in [0.2, 0.25) is 5.15 Å². The molecule has 0 aliphatic rings. The maximum atomic E-state index is 10.9. The smallest absolute Gasteiger partial charge is 0.258 e. The van der Waals surface area contributed by atoms with Gasteiger partial charge in [0.15, 0.2) is 0 Å². The second-order valence-corrected chi connectivity index (χ2v) is 3.50. The molecule has 0 fully saturated rings. The van der Waals surface area contributed by atoms with Crippen LogP contribution in [0.3, 0.4) is 0 Å². The minimum atomic E-state index is -0.487. The van der Waals surface area contributed by atoms with Crippen molar-refractivity contribution in [3.8, 4) is 0 Å². The molecule has 5 heteroatoms. The predicted molar refractivity (Wildman–Crippen MR) is 68.9 cm³/mol. The van der Waals surface area contributed by atoms with Gasteiger partial charge in [-0.2, -0.15) is 0 Å². The van der Waals surface area contributed by atoms with Crippen molar-refractivity contribution in [3.05, 3.63) is 64.0 Å². The average molecular weight is 251 g/mol. The first-order valence-corrected chi connectivity index (χ1v) is 5.24. The highest BCUT2D eigenvalue weighted by atomic mass is 35.5. The number of hydrogen-bond acceptors (Lipinski definition) is 3. The molecule has 0 bridgehead atoms. The van der Waals surface area contributed by atoms with Crippen LogP contribution in [-0.2, 0) is 0 Å². The summed E-state index contributed by atoms with van der Waals surface area (Å²) in [6, 6.07) is 2.73. The molecule has 1 aromatic heterocycles. The number of hydrogen-bond donors (Lipinski definition) is 0. The summed E-state index contributed by atoms with van der Waals surface area (Å²) in [6.07, 6.45) is 6.67. The molecule has 88 valence electrons. The summed E-state index contributed by atoms with van der Waals surface area (Å²) in [5.74, 6) is 0. The van der Waals surface area contributed by atoms with E-state index in [0.29, 0.717) is 5.57 Å². The van der Waals surface area contributed by atoms with Crippen LogP contribution in [0.5, 0.6) is 0 Å². The van der Waals surface area contributed by atoms with E-state index in [1.165, 1.54) is 12.1 Å². The number of halogens is 1. The topological polar surface area (TPSA) is 56.0 Å². The van der Waals surface area contributed by atoms with Crippen LogP contribution in [0.25, 0.3) is 5.57 Å². The van der Waals surface area contributed by atoms with Crippen LogP contribution in [0.4, 0.5) is 5.69 Å². The van der Waals surface area contributed by atoms with Crippen molar-refractivity contribution in [2.24, 2.45) is 0 Å². The molecule has 0 saturated heterocycles. The molecule has 0 spiro atoms. The highest BCUT2D eigenvalue weighted by Gasteiger charge is 2.17. The first-order chi connectivity index (χ1) is 8.10. The molecule has 1 heterocycles. The van der Waals surface area contributed by atoms with Gasteiger partial charge in [0.2, 0.25) is 0 Å². The fourth-order valence-corrected chi connectivity index (χ4v) is 1.46. The van der Waals surface area contributed by atoms with Crippen LogP contribution in [-0.4, -0.2) is 9.91 Å². The molecule has 4 nitrogen and oxygen atoms in total. The number of aromatic nitrogens is 1. The molecular weight excluding hydrogens is 240 g/mol. The quantitative estimate of drug-likeness (QED) is 0.354. The van der Waals surface area contributed by atoms with E-state index in [1.807, 2.05) is 6.92 Å². The van der Waals surface area contributed by atoms with Crippen molar-refractivity contribution < 1.29 is 4.92 Å². The van der Waals surface area contributed by atoms with Crippen LogP contribution in [0.15, 0.2) is 43.0 Å². The van der Waals surface area contributed by atoms with E-state index < -0.39 is 4.92 Å². The van der Waals surface area contributed by atoms with Crippen molar-refractivity contribution in [2.45, 2.75) is 6.92 Å². The molecule has 0 saturated carbocycles. The van der Waals surface area contributed by atoms with Crippen molar-refractivity contribution in [3.63, 3.8) is 0 Å². The van der Waals surface area contributed by atoms with Crippen LogP contribution < -0.4 is 0 Å². The SMILES string of the molecule is C=C/C=C(\C=C/C)c1nc(Cl)ccc1[N+](=O)[O-]. The lowest BCUT2D eigenvalue weighted by Gasteiger charge is -2.03. The van der Waals surface area contributed by atoms with E-state index in [0.717, 1.165) is 0 Å². The molecule has 0 aromatic carbocycles. The van der Waals surface area contributed by atoms with Gasteiger partial charge in [-0.05, 0) is 13.0 Å². The van der Waals surface area contributed by atoms with Gasteiger partial charge in [-0.15, -0.1) is 0 Å². The summed E-state index contributed by atoms with van der Waals surface area (Å²) in [6.45, 7) is 5.38. The monoisotopic (exact) mass is 250 g/mol. The lowest BCUT2D eigenvalue weighted by molar-refractivity contribution is -0.385. The Kier molecular flexibility index (Phi) is 4.60. The molecule has 0 aliphatic carbocycles. The van der Waals surface area contributed by atoms with Gasteiger partial charge < -0.3 is 0 Å². The lowest BCUT2D eigenvalue weighted by Crippen LogP contribution is -1.97. The number of pyridine rings is 1. The Labute approximate surface area is 104 Å². The van der Waals surface area contributed by atoms with Gasteiger partial charge in [-0.25, -0.2) is 4.98 Å². The molecule has 0 N–H and O–H groups in total. The predicted octanol–water partition coefficient (Wildman–Crippen LogP) is 3.79. The van der Waals surface area contributed by atoms with Gasteiger partial charge in [-0.1, -0.05) is 42.5 Å². The van der Waals surface area contributed by atoms with E-state index in [4.69, 9.17) is 11.6 Å². The summed E-state index contributed by atoms with van der Waals surface area (Å²) < 4.78 is 0. The zero-order chi connectivity index (χ0) is 12.8. The molecule has 0 amide bonds. The van der Waals surface area contributed by atoms with Gasteiger partial charge in [0.05, 0.1) is 4.92 Å². The summed E-state index contributed by atoms with van der Waals surface area (Å²) in [7, 11) is 0. The number of allylic oxidation sites excluding steroid dienone is 5. The maximum absolute atomic E-state index is 10.9. The van der Waals surface area contributed by atoms with E-state index in [1.54, 1.807) is 24.3 Å². The zero-order valence-corrected chi connectivity index (χ0v) is 10.0. The van der Waals surface area contributed by atoms with E-state index in [9.17, 15) is 10.1 Å². The van der Waals surface area contributed by atoms with Crippen molar-refractivity contribution >= 4 is 22.9 Å². The molecule has 0 radical (unpaired) electrons. The third-order valence-corrected chi connectivity index (χ3v) is 2.16. The molecular formula is C12H11ClN2O2. The molecule has 0 unspecified atom stereocenters. The Morgan fingerprint density at radius 3 is 2.82 bits per heavy atom. The fraction of sp³-hybridized carbons (Fsp3) is 0.0833. The largest absolute Gasteiger partial charge is 0.295 e. The van der Waals surface area contributed by atoms with Crippen molar-refractivity contribution in [1.29, 1.82) is 0 Å². The van der Waals surface area contributed by atoms with Gasteiger partial charge in [0.25, 0.3) is 5.69 Å². The Bertz CT molecular complexity index is 507. The Balaban J connectivity index is 3.45. The maximum Gasteiger partial charge on any atom is 0.295 e. The van der Waals surface area contributed by atoms with Gasteiger partial charge in [-0.3, -0.25) is 10.1 Å². The highest BCUT2D eigenvalue weighted by Crippen LogP contribution is 2.26. The summed E-state index contributed by atoms with van der Waals surface area (Å²) in [5, 5.41) is 11.1. The second kappa shape index (κ2) is 5.96. The Morgan fingerprint density at radius 1 is 1.59 bits per heavy atom. The van der Waals surface area contributed by atoms with Gasteiger partial charge in [0.1, 0.15) is 10.8 Å². The Morgan fingerprint density at radius 2 is 2.29 bits per heavy atom. The highest BCUT2D eigenvalue weighted by molar-refractivity contribution is 6.29. The standard InChI is InChI=1S/C12H11ClN2O2/c1-3-5-9(6-4-2)12-10(15(16)17)7-8-11(13)14-12/h3-8H,1H2,2H3/b6-4-,9-5+. The third kappa shape index (κ3) is 3.26. The molecule has 0 aliphatic heterocycles. The summed E-state index contributed by atoms with van der Waals surface area (Å²) >= 11 is 5.76. The van der Waals surface area contributed by atoms with Gasteiger partial charge in [0, 0.05) is 11.6 Å². The number of nitrogens with zero attached hydrogens (tertiary/aromatic N) is 2. The molecule has 1 rings (SSSR count). The second-order valence-electron chi connectivity index (χ2n) is 3.12. The zero-order valence-electron chi connectivity index (χ0n) is 9.26. The minimum Gasteiger partial charge on any atom is -0.258 e. The van der Waals surface area contributed by atoms with Crippen molar-refractivity contribution in [1.82, 2.24) is 4.98 Å². The first kappa shape index (κ1) is 13.1. The fourth-order valence-electron chi connectivity index (χ4n) is 1.31. The third-order valence-electron chi connectivity index (χ3n) is 1.95. The normalized spacial score (nSPS) is 11.8. The average Bonchev–Trinajstić information content (AvgIpc) is 2.28. The molecule has 17 heavy (non-hydrogen) atoms. The minimum absolute atomic E-state index is 0.0828. The van der Waals surface area contributed by atoms with Gasteiger partial charge >= 0.3 is 0 Å². The number of nitro groups is 1. The Hall–Kier alpha value is -1.94. The van der Waals surface area contributed by atoms with Crippen molar-refractivity contribution in [2.75, 3.05) is 0 Å². The summed E-state index contributed by atoms with van der Waals surface area (Å²) in [5.41, 5.74) is 0.748. The molecule has 0 atom stereocenters. The summed E-state index contributed by atoms with van der Waals surface area (Å²) in [4.78, 5) is 14.4.